The molecule has 0 saturated carbocycles. The van der Waals surface area contributed by atoms with Crippen LogP contribution in [0.1, 0.15) is 63.3 Å². The third kappa shape index (κ3) is 10.3. The van der Waals surface area contributed by atoms with Crippen molar-refractivity contribution in [2.45, 2.75) is 65.8 Å². The number of ether oxygens (including phenoxy) is 3. The lowest BCUT2D eigenvalue weighted by molar-refractivity contribution is -0.143. The van der Waals surface area contributed by atoms with E-state index in [9.17, 15) is 9.59 Å². The highest BCUT2D eigenvalue weighted by Gasteiger charge is 2.26. The van der Waals surface area contributed by atoms with Crippen LogP contribution in [-0.2, 0) is 27.3 Å². The predicted molar refractivity (Wildman–Crippen MR) is 154 cm³/mol. The first-order chi connectivity index (χ1) is 18.5. The summed E-state index contributed by atoms with van der Waals surface area (Å²) in [6.07, 6.45) is 5.10. The van der Waals surface area contributed by atoms with Crippen molar-refractivity contribution in [2.24, 2.45) is 5.92 Å². The summed E-state index contributed by atoms with van der Waals surface area (Å²) >= 11 is 1.64. The van der Waals surface area contributed by atoms with Gasteiger partial charge in [-0.05, 0) is 61.7 Å². The van der Waals surface area contributed by atoms with Crippen LogP contribution in [0, 0.1) is 5.92 Å². The van der Waals surface area contributed by atoms with Crippen LogP contribution in [0.5, 0.6) is 11.5 Å². The summed E-state index contributed by atoms with van der Waals surface area (Å²) in [7, 11) is 3.24. The molecule has 0 aliphatic carbocycles. The van der Waals surface area contributed by atoms with Gasteiger partial charge in [0.05, 0.1) is 27.3 Å². The van der Waals surface area contributed by atoms with E-state index >= 15 is 0 Å². The molecule has 1 heterocycles. The molecule has 1 unspecified atom stereocenters. The van der Waals surface area contributed by atoms with Gasteiger partial charge in [-0.15, -0.1) is 11.3 Å². The van der Waals surface area contributed by atoms with Gasteiger partial charge in [-0.3, -0.25) is 9.59 Å². The Labute approximate surface area is 233 Å². The maximum absolute atomic E-state index is 13.7. The van der Waals surface area contributed by atoms with Crippen molar-refractivity contribution >= 4 is 23.2 Å². The second-order valence-electron chi connectivity index (χ2n) is 9.39. The first kappa shape index (κ1) is 31.6. The number of hydrogen-bond donors (Lipinski definition) is 0. The van der Waals surface area contributed by atoms with Gasteiger partial charge in [-0.2, -0.15) is 0 Å². The fraction of sp³-hybridized carbons (Fsp3) is 0.600. The molecule has 38 heavy (non-hydrogen) atoms. The van der Waals surface area contributed by atoms with Crippen LogP contribution in [0.15, 0.2) is 35.7 Å². The van der Waals surface area contributed by atoms with Crippen molar-refractivity contribution in [2.75, 3.05) is 47.1 Å². The van der Waals surface area contributed by atoms with Crippen LogP contribution in [0.3, 0.4) is 0 Å². The number of rotatable bonds is 19. The molecule has 0 radical (unpaired) electrons. The first-order valence-corrected chi connectivity index (χ1v) is 14.7. The van der Waals surface area contributed by atoms with Crippen molar-refractivity contribution in [3.8, 4) is 11.5 Å². The quantitative estimate of drug-likeness (QED) is 0.208. The van der Waals surface area contributed by atoms with E-state index in [1.54, 1.807) is 30.5 Å². The second-order valence-corrected chi connectivity index (χ2v) is 10.4. The Morgan fingerprint density at radius 3 is 2.39 bits per heavy atom. The molecule has 8 heteroatoms. The summed E-state index contributed by atoms with van der Waals surface area (Å²) in [5, 5.41) is 2.02. The highest BCUT2D eigenvalue weighted by atomic mass is 32.1. The molecule has 1 aromatic carbocycles. The minimum Gasteiger partial charge on any atom is -0.493 e. The molecule has 2 rings (SSSR count). The van der Waals surface area contributed by atoms with Crippen molar-refractivity contribution < 1.29 is 23.8 Å². The van der Waals surface area contributed by atoms with E-state index < -0.39 is 0 Å². The van der Waals surface area contributed by atoms with Crippen LogP contribution in [-0.4, -0.2) is 68.7 Å². The Balaban J connectivity index is 2.18. The average molecular weight is 547 g/mol. The van der Waals surface area contributed by atoms with Crippen molar-refractivity contribution in [3.63, 3.8) is 0 Å². The van der Waals surface area contributed by atoms with Crippen molar-refractivity contribution in [3.05, 3.63) is 46.2 Å². The molecule has 1 atom stereocenters. The molecule has 0 spiro atoms. The lowest BCUT2D eigenvalue weighted by atomic mass is 9.97. The third-order valence-electron chi connectivity index (χ3n) is 6.70. The zero-order valence-corrected chi connectivity index (χ0v) is 24.7. The molecule has 1 aromatic heterocycles. The van der Waals surface area contributed by atoms with E-state index in [0.717, 1.165) is 36.1 Å². The van der Waals surface area contributed by atoms with Gasteiger partial charge in [0.15, 0.2) is 11.5 Å². The summed E-state index contributed by atoms with van der Waals surface area (Å²) in [6.45, 7) is 9.07. The number of thiophene rings is 1. The van der Waals surface area contributed by atoms with Gasteiger partial charge in [0.2, 0.25) is 11.8 Å². The number of methoxy groups -OCH3 is 2. The molecule has 0 bridgehead atoms. The Hall–Kier alpha value is -2.58. The molecule has 2 aromatic rings. The number of nitrogens with zero attached hydrogens (tertiary/aromatic N) is 2. The lowest BCUT2D eigenvalue weighted by Crippen LogP contribution is -2.45. The van der Waals surface area contributed by atoms with Crippen LogP contribution < -0.4 is 9.47 Å². The van der Waals surface area contributed by atoms with Gasteiger partial charge >= 0.3 is 0 Å². The summed E-state index contributed by atoms with van der Waals surface area (Å²) in [5.41, 5.74) is 1.06. The molecule has 0 fully saturated rings. The van der Waals surface area contributed by atoms with Gasteiger partial charge in [-0.25, -0.2) is 0 Å². The monoisotopic (exact) mass is 546 g/mol. The van der Waals surface area contributed by atoms with Crippen molar-refractivity contribution in [1.29, 1.82) is 0 Å². The summed E-state index contributed by atoms with van der Waals surface area (Å²) in [6, 6.07) is 9.89. The Morgan fingerprint density at radius 1 is 0.974 bits per heavy atom. The molecule has 0 N–H and O–H groups in total. The highest BCUT2D eigenvalue weighted by molar-refractivity contribution is 7.09. The number of unbranched alkanes of at least 4 members (excludes halogenated alkanes) is 1. The lowest BCUT2D eigenvalue weighted by Gasteiger charge is -2.30. The van der Waals surface area contributed by atoms with E-state index in [0.29, 0.717) is 57.2 Å². The fourth-order valence-electron chi connectivity index (χ4n) is 4.43. The second kappa shape index (κ2) is 17.8. The van der Waals surface area contributed by atoms with E-state index in [1.807, 2.05) is 47.5 Å². The van der Waals surface area contributed by atoms with Gasteiger partial charge in [0.1, 0.15) is 0 Å². The zero-order valence-electron chi connectivity index (χ0n) is 23.9. The maximum Gasteiger partial charge on any atom is 0.242 e. The molecule has 7 nitrogen and oxygen atoms in total. The number of carbonyl (C=O) groups is 2. The predicted octanol–water partition coefficient (Wildman–Crippen LogP) is 5.81. The van der Waals surface area contributed by atoms with E-state index in [4.69, 9.17) is 14.2 Å². The first-order valence-electron chi connectivity index (χ1n) is 13.8. The molecular weight excluding hydrogens is 500 g/mol. The summed E-state index contributed by atoms with van der Waals surface area (Å²) in [5.74, 6) is 1.35. The molecular formula is C30H46N2O5S. The van der Waals surface area contributed by atoms with Gasteiger partial charge in [0, 0.05) is 37.1 Å². The van der Waals surface area contributed by atoms with E-state index in [1.165, 1.54) is 0 Å². The molecule has 212 valence electrons. The zero-order chi connectivity index (χ0) is 27.8. The summed E-state index contributed by atoms with van der Waals surface area (Å²) < 4.78 is 16.3. The van der Waals surface area contributed by atoms with Gasteiger partial charge in [-0.1, -0.05) is 38.8 Å². The van der Waals surface area contributed by atoms with Crippen LogP contribution in [0.25, 0.3) is 0 Å². The number of carbonyl (C=O) groups excluding carboxylic acids is 2. The highest BCUT2D eigenvalue weighted by Crippen LogP contribution is 2.28. The number of amides is 2. The minimum absolute atomic E-state index is 0.0334. The summed E-state index contributed by atoms with van der Waals surface area (Å²) in [4.78, 5) is 32.0. The van der Waals surface area contributed by atoms with Crippen LogP contribution in [0.2, 0.25) is 0 Å². The fourth-order valence-corrected chi connectivity index (χ4v) is 5.15. The Kier molecular flexibility index (Phi) is 14.9. The topological polar surface area (TPSA) is 68.3 Å². The average Bonchev–Trinajstić information content (AvgIpc) is 3.45. The SMILES string of the molecule is CCCCC(CC)C(=O)N(CCCOCC)CC(=O)N(CCc1ccc(OC)c(OC)c1)Cc1cccs1. The maximum atomic E-state index is 13.7. The van der Waals surface area contributed by atoms with Crippen molar-refractivity contribution in [1.82, 2.24) is 9.80 Å². The molecule has 0 saturated heterocycles. The van der Waals surface area contributed by atoms with E-state index in [-0.39, 0.29) is 24.3 Å². The van der Waals surface area contributed by atoms with Gasteiger partial charge in [0.25, 0.3) is 0 Å². The van der Waals surface area contributed by atoms with Crippen LogP contribution >= 0.6 is 11.3 Å². The number of hydrogen-bond acceptors (Lipinski definition) is 6. The number of benzene rings is 1. The Bertz CT molecular complexity index is 950. The normalized spacial score (nSPS) is 11.7. The van der Waals surface area contributed by atoms with Crippen LogP contribution in [0.4, 0.5) is 0 Å². The minimum atomic E-state index is -0.0487. The smallest absolute Gasteiger partial charge is 0.242 e. The largest absolute Gasteiger partial charge is 0.493 e. The molecule has 0 aliphatic heterocycles. The molecule has 2 amide bonds. The Morgan fingerprint density at radius 2 is 1.76 bits per heavy atom. The third-order valence-corrected chi connectivity index (χ3v) is 7.57. The standard InChI is InChI=1S/C30H46N2O5S/c1-6-9-12-25(7-2)30(34)32(17-11-19-37-8-3)23-29(33)31(22-26-13-10-20-38-26)18-16-24-14-15-27(35-4)28(21-24)36-5/h10,13-15,20-21,25H,6-9,11-12,16-19,22-23H2,1-5H3. The van der Waals surface area contributed by atoms with E-state index in [2.05, 4.69) is 13.8 Å². The van der Waals surface area contributed by atoms with Gasteiger partial charge < -0.3 is 24.0 Å². The molecule has 0 aliphatic rings.